The van der Waals surface area contributed by atoms with E-state index in [1.807, 2.05) is 0 Å². The van der Waals surface area contributed by atoms with Crippen LogP contribution in [0.25, 0.3) is 0 Å². The molecule has 0 aliphatic carbocycles. The van der Waals surface area contributed by atoms with Gasteiger partial charge in [-0.05, 0) is 34.2 Å². The summed E-state index contributed by atoms with van der Waals surface area (Å²) in [7, 11) is 2.36. The Morgan fingerprint density at radius 3 is 2.56 bits per heavy atom. The molecule has 0 fully saturated rings. The van der Waals surface area contributed by atoms with Crippen molar-refractivity contribution in [2.45, 2.75) is 12.5 Å². The monoisotopic (exact) mass is 371 g/mol. The number of halogens is 3. The lowest BCUT2D eigenvalue weighted by molar-refractivity contribution is -0.142. The zero-order chi connectivity index (χ0) is 13.9. The summed E-state index contributed by atoms with van der Waals surface area (Å²) in [5, 5.41) is 0. The van der Waals surface area contributed by atoms with Gasteiger partial charge in [0.05, 0.1) is 17.8 Å². The standard InChI is InChI=1S/C11H12F2INO3/c1-17-10-8(12)5(3-6(14)9(10)13)4-7(15)11(16)18-2/h3,7H,4,15H2,1-2H3. The van der Waals surface area contributed by atoms with E-state index in [1.165, 1.54) is 20.3 Å². The second-order valence-corrected chi connectivity index (χ2v) is 4.67. The lowest BCUT2D eigenvalue weighted by Gasteiger charge is -2.13. The quantitative estimate of drug-likeness (QED) is 0.497. The topological polar surface area (TPSA) is 61.5 Å². The van der Waals surface area contributed by atoms with E-state index in [2.05, 4.69) is 9.47 Å². The second kappa shape index (κ2) is 6.28. The van der Waals surface area contributed by atoms with Crippen LogP contribution in [0.2, 0.25) is 0 Å². The average Bonchev–Trinajstić information content (AvgIpc) is 2.35. The summed E-state index contributed by atoms with van der Waals surface area (Å²) in [4.78, 5) is 11.2. The van der Waals surface area contributed by atoms with Crippen LogP contribution >= 0.6 is 22.6 Å². The smallest absolute Gasteiger partial charge is 0.322 e. The molecule has 0 saturated carbocycles. The summed E-state index contributed by atoms with van der Waals surface area (Å²) in [6.07, 6.45) is -0.0921. The summed E-state index contributed by atoms with van der Waals surface area (Å²) in [5.41, 5.74) is 5.64. The molecule has 1 atom stereocenters. The molecule has 0 bridgehead atoms. The van der Waals surface area contributed by atoms with Crippen molar-refractivity contribution in [3.8, 4) is 5.75 Å². The maximum Gasteiger partial charge on any atom is 0.322 e. The number of esters is 1. The van der Waals surface area contributed by atoms with Crippen LogP contribution in [0.15, 0.2) is 6.07 Å². The Morgan fingerprint density at radius 1 is 1.44 bits per heavy atom. The van der Waals surface area contributed by atoms with Gasteiger partial charge in [0.15, 0.2) is 17.4 Å². The first kappa shape index (κ1) is 15.1. The molecule has 0 amide bonds. The summed E-state index contributed by atoms with van der Waals surface area (Å²) < 4.78 is 36.7. The summed E-state index contributed by atoms with van der Waals surface area (Å²) >= 11 is 1.71. The molecule has 18 heavy (non-hydrogen) atoms. The Bertz CT molecular complexity index is 468. The lowest BCUT2D eigenvalue weighted by Crippen LogP contribution is -2.34. The maximum absolute atomic E-state index is 13.9. The predicted molar refractivity (Wildman–Crippen MR) is 69.3 cm³/mol. The van der Waals surface area contributed by atoms with E-state index < -0.39 is 29.4 Å². The van der Waals surface area contributed by atoms with Crippen LogP contribution in [0.5, 0.6) is 5.75 Å². The summed E-state index contributed by atoms with van der Waals surface area (Å²) in [5.74, 6) is -2.76. The summed E-state index contributed by atoms with van der Waals surface area (Å²) in [6.45, 7) is 0. The number of hydrogen-bond donors (Lipinski definition) is 1. The van der Waals surface area contributed by atoms with Crippen LogP contribution in [-0.2, 0) is 16.0 Å². The number of ether oxygens (including phenoxy) is 2. The van der Waals surface area contributed by atoms with Crippen molar-refractivity contribution in [3.05, 3.63) is 26.8 Å². The minimum atomic E-state index is -1.00. The molecule has 0 aliphatic rings. The first-order valence-corrected chi connectivity index (χ1v) is 6.04. The molecule has 0 radical (unpaired) electrons. The van der Waals surface area contributed by atoms with Crippen molar-refractivity contribution in [2.75, 3.05) is 14.2 Å². The van der Waals surface area contributed by atoms with Gasteiger partial charge in [-0.25, -0.2) is 8.78 Å². The molecule has 0 heterocycles. The third-order valence-electron chi connectivity index (χ3n) is 2.34. The van der Waals surface area contributed by atoms with Gasteiger partial charge in [0.25, 0.3) is 0 Å². The minimum absolute atomic E-state index is 0.0921. The fourth-order valence-corrected chi connectivity index (χ4v) is 2.05. The Labute approximate surface area is 117 Å². The van der Waals surface area contributed by atoms with Crippen molar-refractivity contribution < 1.29 is 23.0 Å². The normalized spacial score (nSPS) is 12.1. The molecule has 7 heteroatoms. The Morgan fingerprint density at radius 2 is 2.06 bits per heavy atom. The van der Waals surface area contributed by atoms with Crippen LogP contribution in [0, 0.1) is 15.2 Å². The third-order valence-corrected chi connectivity index (χ3v) is 3.12. The van der Waals surface area contributed by atoms with E-state index in [-0.39, 0.29) is 15.6 Å². The molecule has 0 aromatic heterocycles. The first-order chi connectivity index (χ1) is 8.42. The van der Waals surface area contributed by atoms with Gasteiger partial charge in [0.1, 0.15) is 6.04 Å². The van der Waals surface area contributed by atoms with Gasteiger partial charge in [0.2, 0.25) is 0 Å². The van der Waals surface area contributed by atoms with E-state index in [4.69, 9.17) is 5.73 Å². The lowest BCUT2D eigenvalue weighted by atomic mass is 10.1. The minimum Gasteiger partial charge on any atom is -0.491 e. The highest BCUT2D eigenvalue weighted by Gasteiger charge is 2.22. The molecule has 1 unspecified atom stereocenters. The fourth-order valence-electron chi connectivity index (χ4n) is 1.43. The Kier molecular flexibility index (Phi) is 5.27. The van der Waals surface area contributed by atoms with Crippen LogP contribution < -0.4 is 10.5 Å². The number of methoxy groups -OCH3 is 2. The highest BCUT2D eigenvalue weighted by molar-refractivity contribution is 14.1. The molecule has 1 rings (SSSR count). The van der Waals surface area contributed by atoms with Crippen LogP contribution in [0.3, 0.4) is 0 Å². The van der Waals surface area contributed by atoms with Crippen molar-refractivity contribution in [2.24, 2.45) is 5.73 Å². The highest BCUT2D eigenvalue weighted by atomic mass is 127. The number of carbonyl (C=O) groups is 1. The maximum atomic E-state index is 13.9. The van der Waals surface area contributed by atoms with Gasteiger partial charge in [-0.2, -0.15) is 0 Å². The fraction of sp³-hybridized carbons (Fsp3) is 0.364. The average molecular weight is 371 g/mol. The van der Waals surface area contributed by atoms with Crippen molar-refractivity contribution in [3.63, 3.8) is 0 Å². The Balaban J connectivity index is 3.11. The second-order valence-electron chi connectivity index (χ2n) is 3.51. The van der Waals surface area contributed by atoms with E-state index in [9.17, 15) is 13.6 Å². The zero-order valence-corrected chi connectivity index (χ0v) is 12.0. The van der Waals surface area contributed by atoms with Crippen LogP contribution in [-0.4, -0.2) is 26.2 Å². The van der Waals surface area contributed by atoms with E-state index in [1.54, 1.807) is 22.6 Å². The number of carbonyl (C=O) groups excluding carboxylic acids is 1. The molecule has 4 nitrogen and oxygen atoms in total. The van der Waals surface area contributed by atoms with Crippen molar-refractivity contribution in [1.29, 1.82) is 0 Å². The first-order valence-electron chi connectivity index (χ1n) is 4.96. The van der Waals surface area contributed by atoms with Crippen LogP contribution in [0.1, 0.15) is 5.56 Å². The van der Waals surface area contributed by atoms with Gasteiger partial charge in [0, 0.05) is 6.42 Å². The molecule has 0 saturated heterocycles. The van der Waals surface area contributed by atoms with Gasteiger partial charge in [-0.3, -0.25) is 4.79 Å². The van der Waals surface area contributed by atoms with Gasteiger partial charge >= 0.3 is 5.97 Å². The van der Waals surface area contributed by atoms with Crippen LogP contribution in [0.4, 0.5) is 8.78 Å². The van der Waals surface area contributed by atoms with Gasteiger partial charge in [-0.15, -0.1) is 0 Å². The van der Waals surface area contributed by atoms with E-state index in [0.29, 0.717) is 0 Å². The molecule has 2 N–H and O–H groups in total. The zero-order valence-electron chi connectivity index (χ0n) is 9.80. The molecular weight excluding hydrogens is 359 g/mol. The SMILES string of the molecule is COC(=O)C(N)Cc1cc(I)c(F)c(OC)c1F. The largest absolute Gasteiger partial charge is 0.491 e. The number of rotatable bonds is 4. The number of nitrogens with two attached hydrogens (primary N) is 1. The highest BCUT2D eigenvalue weighted by Crippen LogP contribution is 2.29. The van der Waals surface area contributed by atoms with Crippen molar-refractivity contribution >= 4 is 28.6 Å². The van der Waals surface area contributed by atoms with Crippen molar-refractivity contribution in [1.82, 2.24) is 0 Å². The number of hydrogen-bond acceptors (Lipinski definition) is 4. The molecule has 100 valence electrons. The summed E-state index contributed by atoms with van der Waals surface area (Å²) in [6, 6.07) is 0.284. The molecule has 1 aromatic carbocycles. The Hall–Kier alpha value is -0.960. The number of benzene rings is 1. The molecular formula is C11H12F2INO3. The molecule has 0 spiro atoms. The third kappa shape index (κ3) is 3.08. The predicted octanol–water partition coefficient (Wildman–Crippen LogP) is 1.62. The van der Waals surface area contributed by atoms with E-state index >= 15 is 0 Å². The molecule has 1 aromatic rings. The molecule has 0 aliphatic heterocycles. The van der Waals surface area contributed by atoms with Gasteiger partial charge in [-0.1, -0.05) is 0 Å². The van der Waals surface area contributed by atoms with E-state index in [0.717, 1.165) is 0 Å². The van der Waals surface area contributed by atoms with Gasteiger partial charge < -0.3 is 15.2 Å².